The molecule has 2 N–H and O–H groups in total. The number of nitrogens with one attached hydrogen (secondary N) is 2. The molecule has 2 saturated heterocycles. The molecular formula is C20H34N4O3S2. The lowest BCUT2D eigenvalue weighted by Crippen LogP contribution is -2.48. The van der Waals surface area contributed by atoms with Crippen LogP contribution >= 0.6 is 11.3 Å². The van der Waals surface area contributed by atoms with Gasteiger partial charge in [-0.3, -0.25) is 9.89 Å². The minimum absolute atomic E-state index is 0.262. The lowest BCUT2D eigenvalue weighted by atomic mass is 9.99. The number of rotatable bonds is 8. The van der Waals surface area contributed by atoms with Crippen molar-refractivity contribution in [3.8, 4) is 0 Å². The number of guanidine groups is 1. The van der Waals surface area contributed by atoms with E-state index in [1.807, 2.05) is 6.92 Å². The van der Waals surface area contributed by atoms with Crippen molar-refractivity contribution in [1.29, 1.82) is 0 Å². The molecule has 164 valence electrons. The van der Waals surface area contributed by atoms with Crippen molar-refractivity contribution in [2.24, 2.45) is 4.99 Å². The van der Waals surface area contributed by atoms with Gasteiger partial charge in [-0.2, -0.15) is 0 Å². The minimum Gasteiger partial charge on any atom is -0.381 e. The second kappa shape index (κ2) is 10.2. The van der Waals surface area contributed by atoms with Crippen molar-refractivity contribution in [3.05, 3.63) is 22.4 Å². The van der Waals surface area contributed by atoms with Crippen LogP contribution in [0.5, 0.6) is 0 Å². The summed E-state index contributed by atoms with van der Waals surface area (Å²) in [6.45, 7) is 6.96. The molecule has 7 nitrogen and oxygen atoms in total. The summed E-state index contributed by atoms with van der Waals surface area (Å²) in [5.74, 6) is 0.683. The van der Waals surface area contributed by atoms with Gasteiger partial charge in [-0.25, -0.2) is 8.42 Å². The molecule has 29 heavy (non-hydrogen) atoms. The molecule has 0 radical (unpaired) electrons. The van der Waals surface area contributed by atoms with E-state index in [1.54, 1.807) is 11.3 Å². The van der Waals surface area contributed by atoms with Gasteiger partial charge in [-0.05, 0) is 57.1 Å². The molecule has 3 rings (SSSR count). The van der Waals surface area contributed by atoms with Crippen molar-refractivity contribution < 1.29 is 13.2 Å². The van der Waals surface area contributed by atoms with Crippen molar-refractivity contribution in [1.82, 2.24) is 15.5 Å². The molecule has 3 heterocycles. The van der Waals surface area contributed by atoms with Crippen LogP contribution in [0.2, 0.25) is 0 Å². The van der Waals surface area contributed by atoms with E-state index in [4.69, 9.17) is 9.73 Å². The molecule has 0 aromatic carbocycles. The first-order valence-electron chi connectivity index (χ1n) is 10.5. The molecule has 2 fully saturated rings. The number of sulfone groups is 1. The van der Waals surface area contributed by atoms with Crippen LogP contribution < -0.4 is 10.6 Å². The van der Waals surface area contributed by atoms with E-state index in [0.717, 1.165) is 26.2 Å². The zero-order valence-electron chi connectivity index (χ0n) is 17.5. The van der Waals surface area contributed by atoms with Crippen LogP contribution in [0.3, 0.4) is 0 Å². The standard InChI is InChI=1S/C20H34N4O3S2/c1-3-21-19(23-16-20(29(2,25)26)8-12-27-13-9-20)22-15-17(18-7-6-14-28-18)24-10-4-5-11-24/h6-7,14,17H,3-5,8-13,15-16H2,1-2H3,(H2,21,22,23). The van der Waals surface area contributed by atoms with Crippen LogP contribution in [-0.4, -0.2) is 76.2 Å². The summed E-state index contributed by atoms with van der Waals surface area (Å²) in [5, 5.41) is 8.88. The third-order valence-electron chi connectivity index (χ3n) is 5.98. The first kappa shape index (κ1) is 22.5. The number of ether oxygens (including phenoxy) is 1. The first-order chi connectivity index (χ1) is 14.0. The van der Waals surface area contributed by atoms with Crippen LogP contribution in [0.15, 0.2) is 22.5 Å². The fraction of sp³-hybridized carbons (Fsp3) is 0.750. The molecule has 0 aliphatic carbocycles. The van der Waals surface area contributed by atoms with Gasteiger partial charge in [-0.15, -0.1) is 11.3 Å². The molecule has 0 spiro atoms. The zero-order valence-corrected chi connectivity index (χ0v) is 19.2. The van der Waals surface area contributed by atoms with Crippen LogP contribution in [0.25, 0.3) is 0 Å². The molecule has 1 atom stereocenters. The average molecular weight is 443 g/mol. The maximum atomic E-state index is 12.5. The zero-order chi connectivity index (χ0) is 20.7. The van der Waals surface area contributed by atoms with Crippen molar-refractivity contribution in [2.45, 2.75) is 43.4 Å². The Morgan fingerprint density at radius 3 is 2.62 bits per heavy atom. The lowest BCUT2D eigenvalue weighted by Gasteiger charge is -2.34. The van der Waals surface area contributed by atoms with E-state index < -0.39 is 14.6 Å². The average Bonchev–Trinajstić information content (AvgIpc) is 3.41. The van der Waals surface area contributed by atoms with Crippen molar-refractivity contribution in [2.75, 3.05) is 52.2 Å². The molecule has 1 unspecified atom stereocenters. The van der Waals surface area contributed by atoms with Crippen LogP contribution in [0.1, 0.15) is 43.5 Å². The summed E-state index contributed by atoms with van der Waals surface area (Å²) in [4.78, 5) is 8.58. The Labute approximate surface area is 178 Å². The second-order valence-corrected chi connectivity index (χ2v) is 11.3. The predicted octanol–water partition coefficient (Wildman–Crippen LogP) is 2.03. The molecule has 1 aromatic heterocycles. The molecule has 2 aliphatic heterocycles. The van der Waals surface area contributed by atoms with Gasteiger partial charge >= 0.3 is 0 Å². The van der Waals surface area contributed by atoms with E-state index in [0.29, 0.717) is 38.1 Å². The Morgan fingerprint density at radius 1 is 1.31 bits per heavy atom. The van der Waals surface area contributed by atoms with Crippen LogP contribution in [-0.2, 0) is 14.6 Å². The lowest BCUT2D eigenvalue weighted by molar-refractivity contribution is 0.0768. The number of hydrogen-bond acceptors (Lipinski definition) is 6. The number of aliphatic imine (C=N–C) groups is 1. The summed E-state index contributed by atoms with van der Waals surface area (Å²) < 4.78 is 29.6. The smallest absolute Gasteiger partial charge is 0.191 e. The van der Waals surface area contributed by atoms with Gasteiger partial charge in [0.1, 0.15) is 0 Å². The molecular weight excluding hydrogens is 408 g/mol. The maximum Gasteiger partial charge on any atom is 0.191 e. The van der Waals surface area contributed by atoms with E-state index >= 15 is 0 Å². The summed E-state index contributed by atoms with van der Waals surface area (Å²) in [7, 11) is -3.23. The third kappa shape index (κ3) is 5.71. The topological polar surface area (TPSA) is 83.0 Å². The number of hydrogen-bond donors (Lipinski definition) is 2. The monoisotopic (exact) mass is 442 g/mol. The Bertz CT molecular complexity index is 753. The Kier molecular flexibility index (Phi) is 7.95. The van der Waals surface area contributed by atoms with Crippen LogP contribution in [0.4, 0.5) is 0 Å². The summed E-state index contributed by atoms with van der Waals surface area (Å²) in [6.07, 6.45) is 4.82. The molecule has 0 amide bonds. The van der Waals surface area contributed by atoms with Gasteiger partial charge in [0, 0.05) is 37.4 Å². The van der Waals surface area contributed by atoms with Crippen molar-refractivity contribution in [3.63, 3.8) is 0 Å². The number of likely N-dealkylation sites (tertiary alicyclic amines) is 1. The van der Waals surface area contributed by atoms with Gasteiger partial charge in [-0.1, -0.05) is 6.07 Å². The van der Waals surface area contributed by atoms with Crippen molar-refractivity contribution >= 4 is 27.1 Å². The highest BCUT2D eigenvalue weighted by Crippen LogP contribution is 2.30. The Morgan fingerprint density at radius 2 is 2.03 bits per heavy atom. The van der Waals surface area contributed by atoms with Gasteiger partial charge in [0.05, 0.1) is 17.3 Å². The highest BCUT2D eigenvalue weighted by Gasteiger charge is 2.42. The quantitative estimate of drug-likeness (QED) is 0.474. The van der Waals surface area contributed by atoms with E-state index in [1.165, 1.54) is 24.0 Å². The van der Waals surface area contributed by atoms with Crippen LogP contribution in [0, 0.1) is 0 Å². The molecule has 0 saturated carbocycles. The summed E-state index contributed by atoms with van der Waals surface area (Å²) in [6, 6.07) is 4.61. The van der Waals surface area contributed by atoms with Gasteiger partial charge < -0.3 is 15.4 Å². The highest BCUT2D eigenvalue weighted by atomic mass is 32.2. The van der Waals surface area contributed by atoms with E-state index in [-0.39, 0.29) is 6.54 Å². The maximum absolute atomic E-state index is 12.5. The van der Waals surface area contributed by atoms with Gasteiger partial charge in [0.15, 0.2) is 15.8 Å². The minimum atomic E-state index is -3.23. The molecule has 9 heteroatoms. The normalized spacial score (nSPS) is 21.8. The number of thiophene rings is 1. The van der Waals surface area contributed by atoms with Gasteiger partial charge in [0.25, 0.3) is 0 Å². The second-order valence-electron chi connectivity index (χ2n) is 7.92. The fourth-order valence-corrected chi connectivity index (χ4v) is 6.16. The third-order valence-corrected chi connectivity index (χ3v) is 9.06. The summed E-state index contributed by atoms with van der Waals surface area (Å²) >= 11 is 1.79. The summed E-state index contributed by atoms with van der Waals surface area (Å²) in [5.41, 5.74) is 0. The highest BCUT2D eigenvalue weighted by molar-refractivity contribution is 7.92. The molecule has 0 bridgehead atoms. The molecule has 1 aromatic rings. The Balaban J connectivity index is 1.71. The van der Waals surface area contributed by atoms with E-state index in [9.17, 15) is 8.42 Å². The molecule has 2 aliphatic rings. The largest absolute Gasteiger partial charge is 0.381 e. The van der Waals surface area contributed by atoms with Gasteiger partial charge in [0.2, 0.25) is 0 Å². The number of nitrogens with zero attached hydrogens (tertiary/aromatic N) is 2. The first-order valence-corrected chi connectivity index (χ1v) is 13.3. The van der Waals surface area contributed by atoms with E-state index in [2.05, 4.69) is 33.0 Å². The predicted molar refractivity (Wildman–Crippen MR) is 119 cm³/mol. The Hall–Kier alpha value is -1.16. The fourth-order valence-electron chi connectivity index (χ4n) is 4.09. The SMILES string of the molecule is CCNC(=NCC1(S(C)(=O)=O)CCOCC1)NCC(c1cccs1)N1CCCC1.